The molecule has 20 heteroatoms. The highest BCUT2D eigenvalue weighted by Gasteiger charge is 2.32. The maximum atomic E-state index is 13.8. The van der Waals surface area contributed by atoms with E-state index in [4.69, 9.17) is 19.9 Å². The van der Waals surface area contributed by atoms with Gasteiger partial charge in [-0.25, -0.2) is 9.59 Å². The predicted octanol–water partition coefficient (Wildman–Crippen LogP) is 8.12. The summed E-state index contributed by atoms with van der Waals surface area (Å²) in [6.07, 6.45) is 1.85. The van der Waals surface area contributed by atoms with E-state index in [1.54, 1.807) is 49.1 Å². The number of nitrogens with zero attached hydrogens (tertiary/aromatic N) is 2. The first-order chi connectivity index (χ1) is 36.5. The van der Waals surface area contributed by atoms with Crippen molar-refractivity contribution >= 4 is 64.9 Å². The number of nitrogens with one attached hydrogen (secondary N) is 5. The van der Waals surface area contributed by atoms with Crippen LogP contribution in [0.1, 0.15) is 103 Å². The number of urea groups is 1. The summed E-state index contributed by atoms with van der Waals surface area (Å²) in [6.45, 7) is 18.1. The Kier molecular flexibility index (Phi) is 23.8. The summed E-state index contributed by atoms with van der Waals surface area (Å²) < 4.78 is 16.3. The lowest BCUT2D eigenvalue weighted by Crippen LogP contribution is -2.55. The zero-order valence-corrected chi connectivity index (χ0v) is 45.1. The summed E-state index contributed by atoms with van der Waals surface area (Å²) in [5.74, 6) is -2.37. The van der Waals surface area contributed by atoms with Crippen LogP contribution in [0.3, 0.4) is 0 Å². The Morgan fingerprint density at radius 1 is 0.792 bits per heavy atom. The molecule has 0 spiro atoms. The van der Waals surface area contributed by atoms with E-state index < -0.39 is 57.7 Å². The molecule has 7 amide bonds. The Labute approximate surface area is 450 Å². The number of hydrogen-bond donors (Lipinski definition) is 6. The molecule has 0 aromatic heterocycles. The topological polar surface area (TPSA) is 280 Å². The minimum Gasteiger partial charge on any atom is -0.429 e. The van der Waals surface area contributed by atoms with Crippen LogP contribution in [-0.4, -0.2) is 85.0 Å². The molecule has 0 radical (unpaired) electrons. The minimum absolute atomic E-state index is 0.000184. The molecule has 0 aliphatic heterocycles. The molecule has 77 heavy (non-hydrogen) atoms. The van der Waals surface area contributed by atoms with Crippen LogP contribution in [0.15, 0.2) is 104 Å². The fourth-order valence-corrected chi connectivity index (χ4v) is 7.99. The van der Waals surface area contributed by atoms with Crippen LogP contribution in [0.2, 0.25) is 0 Å². The molecular formula is C57H74N8O12. The fourth-order valence-electron chi connectivity index (χ4n) is 7.99. The lowest BCUT2D eigenvalue weighted by Gasteiger charge is -2.30. The molecule has 0 unspecified atom stereocenters. The van der Waals surface area contributed by atoms with Gasteiger partial charge in [0.25, 0.3) is 5.69 Å². The number of non-ortho nitro benzene ring substituents is 1. The van der Waals surface area contributed by atoms with Gasteiger partial charge in [-0.2, -0.15) is 0 Å². The van der Waals surface area contributed by atoms with E-state index in [-0.39, 0.29) is 94.2 Å². The molecule has 0 fully saturated rings. The van der Waals surface area contributed by atoms with Crippen molar-refractivity contribution in [2.75, 3.05) is 36.5 Å². The maximum absolute atomic E-state index is 13.8. The molecule has 0 bridgehead atoms. The van der Waals surface area contributed by atoms with Gasteiger partial charge in [0.05, 0.1) is 30.4 Å². The Balaban J connectivity index is 1.26. The second-order valence-electron chi connectivity index (χ2n) is 20.5. The summed E-state index contributed by atoms with van der Waals surface area (Å²) in [5, 5.41) is 24.7. The molecule has 414 valence electrons. The SMILES string of the molecule is C=Cc1ccccc1N(Cc1ccccc1CC)C(=O)CCC(=O)NCC(C)(C)COCC(C)(C)CC(=O)N[C@H](C(=O)N[C@@H](CCCNC(N)=O)C(=O)Nc1ccc(COC(=O)Oc2ccc([N+](=O)[O-])cc2)cc1)C(C)C. The van der Waals surface area contributed by atoms with Gasteiger partial charge in [-0.15, -0.1) is 0 Å². The molecule has 0 saturated carbocycles. The molecule has 2 atom stereocenters. The molecule has 4 rings (SSSR count). The molecule has 0 aliphatic rings. The minimum atomic E-state index is -1.09. The van der Waals surface area contributed by atoms with E-state index in [0.717, 1.165) is 28.8 Å². The van der Waals surface area contributed by atoms with E-state index in [0.29, 0.717) is 17.8 Å². The quantitative estimate of drug-likeness (QED) is 0.00950. The highest BCUT2D eigenvalue weighted by molar-refractivity contribution is 5.99. The zero-order valence-electron chi connectivity index (χ0n) is 45.1. The summed E-state index contributed by atoms with van der Waals surface area (Å²) in [5.41, 5.74) is 8.47. The van der Waals surface area contributed by atoms with E-state index >= 15 is 0 Å². The number of nitro groups is 1. The van der Waals surface area contributed by atoms with E-state index in [1.165, 1.54) is 24.3 Å². The highest BCUT2D eigenvalue weighted by Crippen LogP contribution is 2.27. The third-order valence-electron chi connectivity index (χ3n) is 12.2. The number of ether oxygens (including phenoxy) is 3. The van der Waals surface area contributed by atoms with Crippen LogP contribution < -0.4 is 42.0 Å². The highest BCUT2D eigenvalue weighted by atomic mass is 16.7. The lowest BCUT2D eigenvalue weighted by atomic mass is 9.89. The maximum Gasteiger partial charge on any atom is 0.514 e. The second kappa shape index (κ2) is 29.8. The van der Waals surface area contributed by atoms with E-state index in [1.807, 2.05) is 70.2 Å². The molecule has 20 nitrogen and oxygen atoms in total. The summed E-state index contributed by atoms with van der Waals surface area (Å²) >= 11 is 0. The number of amides is 7. The van der Waals surface area contributed by atoms with Crippen LogP contribution in [0, 0.1) is 26.9 Å². The molecule has 0 aliphatic carbocycles. The van der Waals surface area contributed by atoms with Crippen molar-refractivity contribution in [2.24, 2.45) is 22.5 Å². The van der Waals surface area contributed by atoms with Gasteiger partial charge >= 0.3 is 12.2 Å². The number of para-hydroxylation sites is 1. The summed E-state index contributed by atoms with van der Waals surface area (Å²) in [7, 11) is 0. The van der Waals surface area contributed by atoms with Crippen LogP contribution in [0.25, 0.3) is 6.08 Å². The van der Waals surface area contributed by atoms with Crippen molar-refractivity contribution in [3.8, 4) is 5.75 Å². The second-order valence-corrected chi connectivity index (χ2v) is 20.5. The predicted molar refractivity (Wildman–Crippen MR) is 293 cm³/mol. The number of hydrogen-bond acceptors (Lipinski definition) is 12. The van der Waals surface area contributed by atoms with Crippen LogP contribution in [0.5, 0.6) is 5.75 Å². The molecule has 0 heterocycles. The monoisotopic (exact) mass is 1060 g/mol. The number of rotatable bonds is 30. The number of aryl methyl sites for hydroxylation is 1. The largest absolute Gasteiger partial charge is 0.514 e. The van der Waals surface area contributed by atoms with Gasteiger partial charge in [0.2, 0.25) is 29.5 Å². The molecule has 0 saturated heterocycles. The Bertz CT molecular complexity index is 2670. The normalized spacial score (nSPS) is 12.1. The fraction of sp³-hybridized carbons (Fsp3) is 0.421. The van der Waals surface area contributed by atoms with Gasteiger partial charge in [-0.05, 0) is 83.2 Å². The number of nitro benzene ring substituents is 1. The van der Waals surface area contributed by atoms with Gasteiger partial charge < -0.3 is 51.4 Å². The average Bonchev–Trinajstić information content (AvgIpc) is 3.38. The van der Waals surface area contributed by atoms with Crippen molar-refractivity contribution in [3.05, 3.63) is 136 Å². The number of carbonyl (C=O) groups is 7. The van der Waals surface area contributed by atoms with Crippen molar-refractivity contribution < 1.29 is 52.7 Å². The van der Waals surface area contributed by atoms with Gasteiger partial charge in [0.1, 0.15) is 24.4 Å². The zero-order chi connectivity index (χ0) is 56.7. The average molecular weight is 1060 g/mol. The molecular weight excluding hydrogens is 989 g/mol. The van der Waals surface area contributed by atoms with E-state index in [2.05, 4.69) is 46.2 Å². The van der Waals surface area contributed by atoms with Crippen molar-refractivity contribution in [1.82, 2.24) is 21.3 Å². The first-order valence-corrected chi connectivity index (χ1v) is 25.5. The van der Waals surface area contributed by atoms with Gasteiger partial charge in [0, 0.05) is 55.6 Å². The first-order valence-electron chi connectivity index (χ1n) is 25.5. The molecule has 4 aromatic rings. The third kappa shape index (κ3) is 21.2. The molecule has 4 aromatic carbocycles. The number of anilines is 2. The summed E-state index contributed by atoms with van der Waals surface area (Å²) in [6, 6.07) is 23.9. The van der Waals surface area contributed by atoms with Crippen LogP contribution in [-0.2, 0) is 53.0 Å². The van der Waals surface area contributed by atoms with Crippen LogP contribution in [0.4, 0.5) is 26.7 Å². The standard InChI is InChI=1S/C57H74N8O12/c1-9-40-16-11-12-18-42(40)33-64(47-20-14-13-17-41(47)10-2)50(68)30-29-48(66)60-35-57(7,8)37-75-36-56(5,6)32-49(67)63-51(38(3)4)53(70)62-46(19-15-31-59-54(58)71)52(69)61-43-23-21-39(22-24-43)34-76-55(72)77-45-27-25-44(26-28-45)65(73)74/h10-14,16-18,20-28,38,46,51H,2,9,15,19,29-37H2,1,3-8H3,(H,60,66)(H,61,69)(H,62,70)(H,63,67)(H3,58,59,71)/t46-,51-/m0/s1. The number of nitrogens with two attached hydrogens (primary N) is 1. The number of benzene rings is 4. The number of carbonyl (C=O) groups excluding carboxylic acids is 7. The Morgan fingerprint density at radius 3 is 2.08 bits per heavy atom. The van der Waals surface area contributed by atoms with Crippen molar-refractivity contribution in [3.63, 3.8) is 0 Å². The van der Waals surface area contributed by atoms with Gasteiger partial charge in [-0.3, -0.25) is 34.1 Å². The third-order valence-corrected chi connectivity index (χ3v) is 12.2. The summed E-state index contributed by atoms with van der Waals surface area (Å²) in [4.78, 5) is 104. The smallest absolute Gasteiger partial charge is 0.429 e. The van der Waals surface area contributed by atoms with Crippen molar-refractivity contribution in [2.45, 2.75) is 112 Å². The van der Waals surface area contributed by atoms with Crippen molar-refractivity contribution in [1.29, 1.82) is 0 Å². The van der Waals surface area contributed by atoms with Gasteiger partial charge in [0.15, 0.2) is 0 Å². The van der Waals surface area contributed by atoms with E-state index in [9.17, 15) is 43.7 Å². The number of primary amides is 1. The lowest BCUT2D eigenvalue weighted by molar-refractivity contribution is -0.384. The van der Waals surface area contributed by atoms with Gasteiger partial charge in [-0.1, -0.05) is 116 Å². The molecule has 7 N–H and O–H groups in total. The first kappa shape index (κ1) is 61.4. The van der Waals surface area contributed by atoms with Crippen LogP contribution >= 0.6 is 0 Å². The Morgan fingerprint density at radius 2 is 1.44 bits per heavy atom. The Hall–Kier alpha value is -8.13.